The highest BCUT2D eigenvalue weighted by Gasteiger charge is 2.36. The van der Waals surface area contributed by atoms with Crippen LogP contribution in [0.3, 0.4) is 0 Å². The van der Waals surface area contributed by atoms with Gasteiger partial charge >= 0.3 is 5.97 Å². The number of aliphatic hydroxyl groups is 1. The summed E-state index contributed by atoms with van der Waals surface area (Å²) in [6.45, 7) is 0.340. The number of carbonyl (C=O) groups is 1. The zero-order valence-corrected chi connectivity index (χ0v) is 10.1. The van der Waals surface area contributed by atoms with Gasteiger partial charge in [-0.15, -0.1) is 0 Å². The molecule has 2 rings (SSSR count). The second-order valence-electron chi connectivity index (χ2n) is 4.59. The van der Waals surface area contributed by atoms with Crippen molar-refractivity contribution in [2.75, 3.05) is 6.54 Å². The second-order valence-corrected chi connectivity index (χ2v) is 4.59. The minimum absolute atomic E-state index is 0.134. The Labute approximate surface area is 109 Å². The van der Waals surface area contributed by atoms with Gasteiger partial charge in [-0.05, 0) is 23.8 Å². The lowest BCUT2D eigenvalue weighted by Crippen LogP contribution is -2.35. The number of β-amino-alcohol motifs (C(OH)–C–C–N with tert-alkyl or cyclic N) is 1. The average molecular weight is 264 g/mol. The molecule has 6 heteroatoms. The molecule has 1 aliphatic heterocycles. The topological polar surface area (TPSA) is 84.6 Å². The van der Waals surface area contributed by atoms with Gasteiger partial charge in [-0.2, -0.15) is 5.26 Å². The van der Waals surface area contributed by atoms with Crippen LogP contribution in [-0.4, -0.2) is 39.8 Å². The van der Waals surface area contributed by atoms with Crippen molar-refractivity contribution >= 4 is 5.97 Å². The molecule has 2 unspecified atom stereocenters. The first-order chi connectivity index (χ1) is 9.01. The van der Waals surface area contributed by atoms with Crippen LogP contribution in [0.5, 0.6) is 0 Å². The molecule has 100 valence electrons. The smallest absolute Gasteiger partial charge is 0.321 e. The monoisotopic (exact) mass is 264 g/mol. The first kappa shape index (κ1) is 13.5. The molecule has 0 saturated carbocycles. The highest BCUT2D eigenvalue weighted by atomic mass is 19.1. The lowest BCUT2D eigenvalue weighted by Gasteiger charge is -2.21. The van der Waals surface area contributed by atoms with E-state index in [0.717, 1.165) is 0 Å². The third-order valence-corrected chi connectivity index (χ3v) is 3.23. The van der Waals surface area contributed by atoms with Crippen LogP contribution in [-0.2, 0) is 11.3 Å². The molecule has 2 atom stereocenters. The number of rotatable bonds is 3. The van der Waals surface area contributed by atoms with E-state index in [9.17, 15) is 14.3 Å². The molecule has 1 heterocycles. The molecular weight excluding hydrogens is 251 g/mol. The van der Waals surface area contributed by atoms with Gasteiger partial charge in [0.05, 0.1) is 17.7 Å². The van der Waals surface area contributed by atoms with Crippen LogP contribution >= 0.6 is 0 Å². The summed E-state index contributed by atoms with van der Waals surface area (Å²) in [5.41, 5.74) is 0.745. The summed E-state index contributed by atoms with van der Waals surface area (Å²) in [7, 11) is 0. The van der Waals surface area contributed by atoms with Crippen molar-refractivity contribution in [2.24, 2.45) is 0 Å². The normalized spacial score (nSPS) is 23.2. The number of halogens is 1. The molecular formula is C13H13FN2O3. The number of carboxylic acids is 1. The maximum Gasteiger partial charge on any atom is 0.321 e. The number of nitrogens with zero attached hydrogens (tertiary/aromatic N) is 2. The Morgan fingerprint density at radius 3 is 2.95 bits per heavy atom. The van der Waals surface area contributed by atoms with Crippen molar-refractivity contribution in [3.63, 3.8) is 0 Å². The predicted molar refractivity (Wildman–Crippen MR) is 63.6 cm³/mol. The Morgan fingerprint density at radius 1 is 1.58 bits per heavy atom. The molecule has 19 heavy (non-hydrogen) atoms. The fourth-order valence-electron chi connectivity index (χ4n) is 2.33. The summed E-state index contributed by atoms with van der Waals surface area (Å²) in [5, 5.41) is 27.6. The molecule has 0 bridgehead atoms. The van der Waals surface area contributed by atoms with Gasteiger partial charge in [0.25, 0.3) is 0 Å². The van der Waals surface area contributed by atoms with E-state index in [0.29, 0.717) is 11.1 Å². The first-order valence-electron chi connectivity index (χ1n) is 5.84. The molecule has 1 aromatic rings. The number of hydrogen-bond acceptors (Lipinski definition) is 4. The number of hydrogen-bond donors (Lipinski definition) is 2. The fraction of sp³-hybridized carbons (Fsp3) is 0.385. The quantitative estimate of drug-likeness (QED) is 0.840. The van der Waals surface area contributed by atoms with Crippen LogP contribution < -0.4 is 0 Å². The van der Waals surface area contributed by atoms with Gasteiger partial charge in [-0.3, -0.25) is 9.69 Å². The lowest BCUT2D eigenvalue weighted by molar-refractivity contribution is -0.142. The predicted octanol–water partition coefficient (Wildman–Crippen LogP) is 0.717. The fourth-order valence-corrected chi connectivity index (χ4v) is 2.33. The molecule has 0 radical (unpaired) electrons. The van der Waals surface area contributed by atoms with Gasteiger partial charge < -0.3 is 10.2 Å². The lowest BCUT2D eigenvalue weighted by atomic mass is 10.1. The molecule has 0 amide bonds. The Kier molecular flexibility index (Phi) is 3.79. The number of benzene rings is 1. The van der Waals surface area contributed by atoms with E-state index in [1.165, 1.54) is 18.2 Å². The maximum atomic E-state index is 13.2. The van der Waals surface area contributed by atoms with Crippen LogP contribution in [0.2, 0.25) is 0 Å². The molecule has 0 spiro atoms. The molecule has 2 N–H and O–H groups in total. The maximum absolute atomic E-state index is 13.2. The molecule has 1 aliphatic rings. The van der Waals surface area contributed by atoms with E-state index in [1.807, 2.05) is 6.07 Å². The summed E-state index contributed by atoms with van der Waals surface area (Å²) in [6, 6.07) is 4.93. The number of nitriles is 1. The third-order valence-electron chi connectivity index (χ3n) is 3.23. The summed E-state index contributed by atoms with van der Waals surface area (Å²) >= 11 is 0. The largest absolute Gasteiger partial charge is 0.480 e. The van der Waals surface area contributed by atoms with E-state index in [1.54, 1.807) is 4.90 Å². The van der Waals surface area contributed by atoms with E-state index in [-0.39, 0.29) is 19.5 Å². The zero-order valence-electron chi connectivity index (χ0n) is 10.1. The molecule has 1 saturated heterocycles. The summed E-state index contributed by atoms with van der Waals surface area (Å²) in [5.74, 6) is -1.49. The Balaban J connectivity index is 2.23. The average Bonchev–Trinajstić information content (AvgIpc) is 2.71. The van der Waals surface area contributed by atoms with Crippen LogP contribution in [0.25, 0.3) is 0 Å². The minimum Gasteiger partial charge on any atom is -0.480 e. The zero-order chi connectivity index (χ0) is 14.0. The van der Waals surface area contributed by atoms with Crippen molar-refractivity contribution in [2.45, 2.75) is 25.1 Å². The van der Waals surface area contributed by atoms with Crippen LogP contribution in [0.15, 0.2) is 18.2 Å². The van der Waals surface area contributed by atoms with E-state index in [4.69, 9.17) is 10.4 Å². The van der Waals surface area contributed by atoms with Gasteiger partial charge in [-0.1, -0.05) is 0 Å². The molecule has 5 nitrogen and oxygen atoms in total. The van der Waals surface area contributed by atoms with Gasteiger partial charge in [0.15, 0.2) is 0 Å². The van der Waals surface area contributed by atoms with Crippen molar-refractivity contribution in [1.82, 2.24) is 4.90 Å². The highest BCUT2D eigenvalue weighted by Crippen LogP contribution is 2.22. The Bertz CT molecular complexity index is 541. The van der Waals surface area contributed by atoms with Gasteiger partial charge in [0, 0.05) is 19.5 Å². The van der Waals surface area contributed by atoms with Crippen molar-refractivity contribution in [3.8, 4) is 6.07 Å². The highest BCUT2D eigenvalue weighted by molar-refractivity contribution is 5.74. The SMILES string of the molecule is N#Cc1ccc(F)cc1CN1CC(O)CC1C(=O)O. The molecule has 0 aromatic heterocycles. The summed E-state index contributed by atoms with van der Waals surface area (Å²) in [6.07, 6.45) is -0.563. The van der Waals surface area contributed by atoms with Crippen molar-refractivity contribution in [3.05, 3.63) is 35.1 Å². The summed E-state index contributed by atoms with van der Waals surface area (Å²) < 4.78 is 13.2. The Hall–Kier alpha value is -1.97. The van der Waals surface area contributed by atoms with E-state index in [2.05, 4.69) is 0 Å². The number of likely N-dealkylation sites (tertiary alicyclic amines) is 1. The number of carboxylic acid groups (broad SMARTS) is 1. The van der Waals surface area contributed by atoms with Crippen molar-refractivity contribution in [1.29, 1.82) is 5.26 Å². The third kappa shape index (κ3) is 2.89. The van der Waals surface area contributed by atoms with Crippen LogP contribution in [0.1, 0.15) is 17.5 Å². The molecule has 1 aromatic carbocycles. The Morgan fingerprint density at radius 2 is 2.32 bits per heavy atom. The summed E-state index contributed by atoms with van der Waals surface area (Å²) in [4.78, 5) is 12.6. The van der Waals surface area contributed by atoms with Crippen LogP contribution in [0.4, 0.5) is 4.39 Å². The first-order valence-corrected chi connectivity index (χ1v) is 5.84. The molecule has 1 fully saturated rings. The second kappa shape index (κ2) is 5.34. The minimum atomic E-state index is -1.02. The number of aliphatic carboxylic acids is 1. The standard InChI is InChI=1S/C13H13FN2O3/c14-10-2-1-8(5-15)9(3-10)6-16-7-11(17)4-12(16)13(18)19/h1-3,11-12,17H,4,6-7H2,(H,18,19). The van der Waals surface area contributed by atoms with Crippen LogP contribution in [0, 0.1) is 17.1 Å². The van der Waals surface area contributed by atoms with Gasteiger partial charge in [0.1, 0.15) is 11.9 Å². The number of aliphatic hydroxyl groups excluding tert-OH is 1. The van der Waals surface area contributed by atoms with E-state index < -0.39 is 23.9 Å². The van der Waals surface area contributed by atoms with Gasteiger partial charge in [0.2, 0.25) is 0 Å². The van der Waals surface area contributed by atoms with Crippen molar-refractivity contribution < 1.29 is 19.4 Å². The molecule has 0 aliphatic carbocycles. The van der Waals surface area contributed by atoms with E-state index >= 15 is 0 Å². The van der Waals surface area contributed by atoms with Gasteiger partial charge in [-0.25, -0.2) is 4.39 Å².